The first kappa shape index (κ1) is 15.0. The Morgan fingerprint density at radius 3 is 2.52 bits per heavy atom. The van der Waals surface area contributed by atoms with E-state index in [0.29, 0.717) is 18.9 Å². The Hall–Kier alpha value is -2.37. The van der Waals surface area contributed by atoms with Crippen LogP contribution in [0.1, 0.15) is 27.5 Å². The number of carboxylic acids is 1. The molecule has 0 aliphatic heterocycles. The molecule has 0 amide bonds. The fourth-order valence-electron chi connectivity index (χ4n) is 1.91. The maximum absolute atomic E-state index is 10.9. The summed E-state index contributed by atoms with van der Waals surface area (Å²) >= 11 is 0. The lowest BCUT2D eigenvalue weighted by atomic mass is 10.1. The molecule has 0 heterocycles. The molecule has 0 aliphatic rings. The summed E-state index contributed by atoms with van der Waals surface area (Å²) in [7, 11) is 0. The first-order chi connectivity index (χ1) is 10.1. The molecule has 5 heteroatoms. The lowest BCUT2D eigenvalue weighted by Crippen LogP contribution is -2.20. The molecule has 0 saturated heterocycles. The highest BCUT2D eigenvalue weighted by Crippen LogP contribution is 2.17. The molecule has 2 aromatic carbocycles. The maximum Gasteiger partial charge on any atom is 0.335 e. The predicted octanol–water partition coefficient (Wildman–Crippen LogP) is 1.92. The van der Waals surface area contributed by atoms with E-state index in [2.05, 4.69) is 0 Å². The number of hydrogen-bond acceptors (Lipinski definition) is 4. The van der Waals surface area contributed by atoms with Crippen molar-refractivity contribution in [2.75, 3.05) is 6.54 Å². The van der Waals surface area contributed by atoms with Crippen molar-refractivity contribution in [2.45, 2.75) is 12.6 Å². The van der Waals surface area contributed by atoms with Crippen LogP contribution >= 0.6 is 0 Å². The Morgan fingerprint density at radius 2 is 1.90 bits per heavy atom. The second-order valence-electron chi connectivity index (χ2n) is 4.71. The van der Waals surface area contributed by atoms with Crippen LogP contribution in [-0.4, -0.2) is 17.6 Å². The van der Waals surface area contributed by atoms with Gasteiger partial charge in [0.05, 0.1) is 5.56 Å². The fraction of sp³-hybridized carbons (Fsp3) is 0.188. The number of rotatable bonds is 6. The van der Waals surface area contributed by atoms with Crippen molar-refractivity contribution in [3.05, 3.63) is 65.2 Å². The van der Waals surface area contributed by atoms with Gasteiger partial charge in [-0.15, -0.1) is 0 Å². The molecule has 1 unspecified atom stereocenters. The van der Waals surface area contributed by atoms with Gasteiger partial charge < -0.3 is 21.3 Å². The summed E-state index contributed by atoms with van der Waals surface area (Å²) in [6.07, 6.45) is 0. The van der Waals surface area contributed by atoms with E-state index < -0.39 is 5.97 Å². The summed E-state index contributed by atoms with van der Waals surface area (Å²) < 4.78 is 5.63. The zero-order valence-corrected chi connectivity index (χ0v) is 11.5. The Balaban J connectivity index is 1.99. The molecular weight excluding hydrogens is 268 g/mol. The SMILES string of the molecule is NCC(N)c1ccc(OCc2cccc(C(=O)O)c2)cc1. The second-order valence-corrected chi connectivity index (χ2v) is 4.71. The monoisotopic (exact) mass is 286 g/mol. The van der Waals surface area contributed by atoms with Crippen molar-refractivity contribution in [1.82, 2.24) is 0 Å². The number of aromatic carboxylic acids is 1. The lowest BCUT2D eigenvalue weighted by Gasteiger charge is -2.11. The minimum atomic E-state index is -0.947. The molecule has 5 N–H and O–H groups in total. The van der Waals surface area contributed by atoms with Crippen LogP contribution in [0.4, 0.5) is 0 Å². The third kappa shape index (κ3) is 4.05. The zero-order valence-electron chi connectivity index (χ0n) is 11.5. The van der Waals surface area contributed by atoms with Crippen LogP contribution in [0.2, 0.25) is 0 Å². The number of nitrogens with two attached hydrogens (primary N) is 2. The number of ether oxygens (including phenoxy) is 1. The largest absolute Gasteiger partial charge is 0.489 e. The Kier molecular flexibility index (Phi) is 4.92. The van der Waals surface area contributed by atoms with Gasteiger partial charge in [0, 0.05) is 12.6 Å². The zero-order chi connectivity index (χ0) is 15.2. The van der Waals surface area contributed by atoms with Gasteiger partial charge in [0.2, 0.25) is 0 Å². The molecule has 110 valence electrons. The molecule has 0 fully saturated rings. The molecule has 0 bridgehead atoms. The van der Waals surface area contributed by atoms with Gasteiger partial charge in [0.15, 0.2) is 0 Å². The summed E-state index contributed by atoms with van der Waals surface area (Å²) in [4.78, 5) is 10.9. The third-order valence-corrected chi connectivity index (χ3v) is 3.14. The van der Waals surface area contributed by atoms with Gasteiger partial charge in [-0.1, -0.05) is 24.3 Å². The van der Waals surface area contributed by atoms with E-state index >= 15 is 0 Å². The minimum absolute atomic E-state index is 0.175. The van der Waals surface area contributed by atoms with Gasteiger partial charge >= 0.3 is 5.97 Å². The van der Waals surface area contributed by atoms with Crippen molar-refractivity contribution in [2.24, 2.45) is 11.5 Å². The molecule has 0 saturated carbocycles. The summed E-state index contributed by atoms with van der Waals surface area (Å²) in [5.74, 6) is -0.249. The van der Waals surface area contributed by atoms with Crippen LogP contribution in [0, 0.1) is 0 Å². The van der Waals surface area contributed by atoms with E-state index in [1.807, 2.05) is 30.3 Å². The van der Waals surface area contributed by atoms with Crippen molar-refractivity contribution in [3.8, 4) is 5.75 Å². The Labute approximate surface area is 123 Å². The van der Waals surface area contributed by atoms with Crippen LogP contribution < -0.4 is 16.2 Å². The summed E-state index contributed by atoms with van der Waals surface area (Å²) in [5, 5.41) is 8.94. The highest BCUT2D eigenvalue weighted by atomic mass is 16.5. The van der Waals surface area contributed by atoms with Gasteiger partial charge in [-0.2, -0.15) is 0 Å². The van der Waals surface area contributed by atoms with Crippen LogP contribution in [0.25, 0.3) is 0 Å². The van der Waals surface area contributed by atoms with Crippen molar-refractivity contribution in [3.63, 3.8) is 0 Å². The van der Waals surface area contributed by atoms with Gasteiger partial charge in [0.1, 0.15) is 12.4 Å². The number of benzene rings is 2. The van der Waals surface area contributed by atoms with E-state index in [1.165, 1.54) is 0 Å². The minimum Gasteiger partial charge on any atom is -0.489 e. The predicted molar refractivity (Wildman–Crippen MR) is 80.2 cm³/mol. The molecule has 1 atom stereocenters. The van der Waals surface area contributed by atoms with E-state index in [-0.39, 0.29) is 11.6 Å². The fourth-order valence-corrected chi connectivity index (χ4v) is 1.91. The van der Waals surface area contributed by atoms with Gasteiger partial charge in [-0.25, -0.2) is 4.79 Å². The van der Waals surface area contributed by atoms with Crippen LogP contribution in [0.3, 0.4) is 0 Å². The van der Waals surface area contributed by atoms with E-state index in [0.717, 1.165) is 11.1 Å². The topological polar surface area (TPSA) is 98.6 Å². The van der Waals surface area contributed by atoms with Gasteiger partial charge in [-0.05, 0) is 35.4 Å². The molecule has 0 aliphatic carbocycles. The quantitative estimate of drug-likeness (QED) is 0.753. The average molecular weight is 286 g/mol. The Morgan fingerprint density at radius 1 is 1.19 bits per heavy atom. The first-order valence-corrected chi connectivity index (χ1v) is 6.61. The molecule has 0 radical (unpaired) electrons. The first-order valence-electron chi connectivity index (χ1n) is 6.61. The van der Waals surface area contributed by atoms with Crippen LogP contribution in [-0.2, 0) is 6.61 Å². The number of hydrogen-bond donors (Lipinski definition) is 3. The molecule has 21 heavy (non-hydrogen) atoms. The maximum atomic E-state index is 10.9. The highest BCUT2D eigenvalue weighted by molar-refractivity contribution is 5.87. The average Bonchev–Trinajstić information content (AvgIpc) is 2.53. The second kappa shape index (κ2) is 6.88. The smallest absolute Gasteiger partial charge is 0.335 e. The normalized spacial score (nSPS) is 11.9. The molecule has 5 nitrogen and oxygen atoms in total. The summed E-state index contributed by atoms with van der Waals surface area (Å²) in [5.41, 5.74) is 13.4. The van der Waals surface area contributed by atoms with Crippen molar-refractivity contribution < 1.29 is 14.6 Å². The molecular formula is C16H18N2O3. The molecule has 2 rings (SSSR count). The number of carboxylic acid groups (broad SMARTS) is 1. The van der Waals surface area contributed by atoms with E-state index in [1.54, 1.807) is 18.2 Å². The third-order valence-electron chi connectivity index (χ3n) is 3.14. The number of carbonyl (C=O) groups is 1. The summed E-state index contributed by atoms with van der Waals surface area (Å²) in [6, 6.07) is 13.9. The van der Waals surface area contributed by atoms with Crippen LogP contribution in [0.15, 0.2) is 48.5 Å². The molecule has 0 spiro atoms. The standard InChI is InChI=1S/C16H18N2O3/c17-9-15(18)12-4-6-14(7-5-12)21-10-11-2-1-3-13(8-11)16(19)20/h1-8,15H,9-10,17-18H2,(H,19,20). The highest BCUT2D eigenvalue weighted by Gasteiger charge is 2.05. The molecule has 2 aromatic rings. The van der Waals surface area contributed by atoms with Crippen molar-refractivity contribution >= 4 is 5.97 Å². The lowest BCUT2D eigenvalue weighted by molar-refractivity contribution is 0.0696. The Bertz CT molecular complexity index is 611. The summed E-state index contributed by atoms with van der Waals surface area (Å²) in [6.45, 7) is 0.700. The van der Waals surface area contributed by atoms with Crippen molar-refractivity contribution in [1.29, 1.82) is 0 Å². The van der Waals surface area contributed by atoms with Gasteiger partial charge in [0.25, 0.3) is 0 Å². The van der Waals surface area contributed by atoms with Gasteiger partial charge in [-0.3, -0.25) is 0 Å². The molecule has 0 aromatic heterocycles. The van der Waals surface area contributed by atoms with E-state index in [4.69, 9.17) is 21.3 Å². The van der Waals surface area contributed by atoms with Crippen LogP contribution in [0.5, 0.6) is 5.75 Å². The van der Waals surface area contributed by atoms with E-state index in [9.17, 15) is 4.79 Å².